The van der Waals surface area contributed by atoms with Crippen LogP contribution in [0, 0.1) is 0 Å². The van der Waals surface area contributed by atoms with Gasteiger partial charge in [-0.3, -0.25) is 4.90 Å². The molecular formula is C16H29N3O2. The molecule has 1 saturated heterocycles. The third kappa shape index (κ3) is 3.64. The molecule has 1 aromatic heterocycles. The molecule has 1 unspecified atom stereocenters. The molecule has 5 nitrogen and oxygen atoms in total. The van der Waals surface area contributed by atoms with Gasteiger partial charge < -0.3 is 9.26 Å². The molecule has 2 rings (SSSR count). The van der Waals surface area contributed by atoms with Gasteiger partial charge in [-0.1, -0.05) is 39.3 Å². The van der Waals surface area contributed by atoms with Crippen molar-refractivity contribution in [2.45, 2.75) is 70.9 Å². The van der Waals surface area contributed by atoms with E-state index in [1.54, 1.807) is 7.11 Å². The van der Waals surface area contributed by atoms with Crippen LogP contribution in [0.3, 0.4) is 0 Å². The summed E-state index contributed by atoms with van der Waals surface area (Å²) in [5, 5.41) is 4.13. The van der Waals surface area contributed by atoms with Crippen LogP contribution in [0.1, 0.15) is 65.1 Å². The van der Waals surface area contributed by atoms with E-state index in [-0.39, 0.29) is 11.0 Å². The number of aromatic nitrogens is 2. The summed E-state index contributed by atoms with van der Waals surface area (Å²) in [6.45, 7) is 11.1. The second-order valence-corrected chi connectivity index (χ2v) is 7.19. The SMILES string of the molecule is CCCC1(COC)CCCN1Cc1nc(C(C)(C)C)no1. The van der Waals surface area contributed by atoms with Crippen LogP contribution in [0.15, 0.2) is 4.52 Å². The number of ether oxygens (including phenoxy) is 1. The van der Waals surface area contributed by atoms with Gasteiger partial charge in [0.1, 0.15) is 0 Å². The largest absolute Gasteiger partial charge is 0.383 e. The molecule has 120 valence electrons. The maximum atomic E-state index is 5.50. The van der Waals surface area contributed by atoms with E-state index in [1.165, 1.54) is 12.8 Å². The molecule has 21 heavy (non-hydrogen) atoms. The molecule has 5 heteroatoms. The summed E-state index contributed by atoms with van der Waals surface area (Å²) in [5.41, 5.74) is 0.0691. The normalized spacial score (nSPS) is 23.9. The van der Waals surface area contributed by atoms with Crippen LogP contribution in [0.2, 0.25) is 0 Å². The molecule has 0 aromatic carbocycles. The van der Waals surface area contributed by atoms with E-state index < -0.39 is 0 Å². The molecule has 1 aliphatic rings. The highest BCUT2D eigenvalue weighted by molar-refractivity contribution is 5.02. The predicted octanol–water partition coefficient (Wildman–Crippen LogP) is 3.15. The number of nitrogens with zero attached hydrogens (tertiary/aromatic N) is 3. The van der Waals surface area contributed by atoms with Crippen molar-refractivity contribution in [2.24, 2.45) is 0 Å². The van der Waals surface area contributed by atoms with E-state index in [1.807, 2.05) is 0 Å². The number of methoxy groups -OCH3 is 1. The minimum absolute atomic E-state index is 0.0696. The molecule has 1 aliphatic heterocycles. The molecule has 1 fully saturated rings. The predicted molar refractivity (Wildman–Crippen MR) is 82.2 cm³/mol. The van der Waals surface area contributed by atoms with Crippen molar-refractivity contribution in [3.05, 3.63) is 11.7 Å². The van der Waals surface area contributed by atoms with E-state index in [2.05, 4.69) is 42.7 Å². The lowest BCUT2D eigenvalue weighted by atomic mass is 9.91. The molecule has 0 bridgehead atoms. The van der Waals surface area contributed by atoms with Gasteiger partial charge in [0.25, 0.3) is 0 Å². The van der Waals surface area contributed by atoms with Crippen LogP contribution < -0.4 is 0 Å². The van der Waals surface area contributed by atoms with Crippen molar-refractivity contribution in [3.8, 4) is 0 Å². The maximum absolute atomic E-state index is 5.50. The molecule has 1 aromatic rings. The van der Waals surface area contributed by atoms with Crippen LogP contribution in [0.4, 0.5) is 0 Å². The lowest BCUT2D eigenvalue weighted by Gasteiger charge is -2.37. The molecule has 2 heterocycles. The first-order chi connectivity index (χ1) is 9.91. The van der Waals surface area contributed by atoms with E-state index in [0.717, 1.165) is 44.3 Å². The zero-order chi connectivity index (χ0) is 15.5. The Balaban J connectivity index is 2.11. The Morgan fingerprint density at radius 2 is 2.14 bits per heavy atom. The molecule has 0 radical (unpaired) electrons. The highest BCUT2D eigenvalue weighted by atomic mass is 16.5. The number of rotatable bonds is 6. The standard InChI is InChI=1S/C16H29N3O2/c1-6-8-16(12-20-5)9-7-10-19(16)11-13-17-14(18-21-13)15(2,3)4/h6-12H2,1-5H3. The van der Waals surface area contributed by atoms with Gasteiger partial charge in [0, 0.05) is 18.1 Å². The van der Waals surface area contributed by atoms with E-state index in [9.17, 15) is 0 Å². The Morgan fingerprint density at radius 1 is 1.38 bits per heavy atom. The molecule has 0 amide bonds. The minimum atomic E-state index is -0.0696. The second-order valence-electron chi connectivity index (χ2n) is 7.19. The van der Waals surface area contributed by atoms with Gasteiger partial charge in [-0.2, -0.15) is 4.98 Å². The Morgan fingerprint density at radius 3 is 2.71 bits per heavy atom. The van der Waals surface area contributed by atoms with Crippen molar-refractivity contribution in [2.75, 3.05) is 20.3 Å². The Labute approximate surface area is 128 Å². The van der Waals surface area contributed by atoms with Crippen LogP contribution >= 0.6 is 0 Å². The van der Waals surface area contributed by atoms with Crippen molar-refractivity contribution >= 4 is 0 Å². The van der Waals surface area contributed by atoms with E-state index in [4.69, 9.17) is 9.26 Å². The van der Waals surface area contributed by atoms with Gasteiger partial charge in [0.05, 0.1) is 13.2 Å². The molecular weight excluding hydrogens is 266 g/mol. The molecule has 1 atom stereocenters. The van der Waals surface area contributed by atoms with Crippen LogP contribution in [0.25, 0.3) is 0 Å². The first-order valence-electron chi connectivity index (χ1n) is 7.98. The first kappa shape index (κ1) is 16.4. The van der Waals surface area contributed by atoms with Crippen molar-refractivity contribution < 1.29 is 9.26 Å². The lowest BCUT2D eigenvalue weighted by molar-refractivity contribution is 0.0212. The van der Waals surface area contributed by atoms with Gasteiger partial charge in [0.15, 0.2) is 5.82 Å². The minimum Gasteiger partial charge on any atom is -0.383 e. The fourth-order valence-corrected chi connectivity index (χ4v) is 3.28. The second kappa shape index (κ2) is 6.44. The van der Waals surface area contributed by atoms with Crippen LogP contribution in [-0.4, -0.2) is 40.8 Å². The molecule has 0 N–H and O–H groups in total. The average molecular weight is 295 g/mol. The zero-order valence-electron chi connectivity index (χ0n) is 14.1. The van der Waals surface area contributed by atoms with Gasteiger partial charge in [-0.25, -0.2) is 0 Å². The van der Waals surface area contributed by atoms with Crippen molar-refractivity contribution in [1.82, 2.24) is 15.0 Å². The zero-order valence-corrected chi connectivity index (χ0v) is 14.1. The van der Waals surface area contributed by atoms with Gasteiger partial charge in [-0.15, -0.1) is 0 Å². The van der Waals surface area contributed by atoms with Crippen LogP contribution in [-0.2, 0) is 16.7 Å². The van der Waals surface area contributed by atoms with Crippen molar-refractivity contribution in [3.63, 3.8) is 0 Å². The summed E-state index contributed by atoms with van der Waals surface area (Å²) in [5.74, 6) is 1.50. The summed E-state index contributed by atoms with van der Waals surface area (Å²) < 4.78 is 11.0. The average Bonchev–Trinajstić information content (AvgIpc) is 2.99. The first-order valence-corrected chi connectivity index (χ1v) is 7.98. The molecule has 0 spiro atoms. The maximum Gasteiger partial charge on any atom is 0.240 e. The summed E-state index contributed by atoms with van der Waals surface area (Å²) >= 11 is 0. The monoisotopic (exact) mass is 295 g/mol. The smallest absolute Gasteiger partial charge is 0.240 e. The summed E-state index contributed by atoms with van der Waals surface area (Å²) in [6, 6.07) is 0. The summed E-state index contributed by atoms with van der Waals surface area (Å²) in [7, 11) is 1.79. The third-order valence-electron chi connectivity index (χ3n) is 4.33. The highest BCUT2D eigenvalue weighted by Crippen LogP contribution is 2.35. The van der Waals surface area contributed by atoms with Gasteiger partial charge in [-0.05, 0) is 25.8 Å². The summed E-state index contributed by atoms with van der Waals surface area (Å²) in [4.78, 5) is 7.04. The number of hydrogen-bond donors (Lipinski definition) is 0. The Kier molecular flexibility index (Phi) is 5.04. The van der Waals surface area contributed by atoms with Gasteiger partial charge >= 0.3 is 0 Å². The topological polar surface area (TPSA) is 51.4 Å². The number of likely N-dealkylation sites (tertiary alicyclic amines) is 1. The van der Waals surface area contributed by atoms with E-state index >= 15 is 0 Å². The lowest BCUT2D eigenvalue weighted by Crippen LogP contribution is -2.47. The fraction of sp³-hybridized carbons (Fsp3) is 0.875. The third-order valence-corrected chi connectivity index (χ3v) is 4.33. The van der Waals surface area contributed by atoms with Crippen molar-refractivity contribution in [1.29, 1.82) is 0 Å². The van der Waals surface area contributed by atoms with Crippen LogP contribution in [0.5, 0.6) is 0 Å². The van der Waals surface area contributed by atoms with Gasteiger partial charge in [0.2, 0.25) is 5.89 Å². The molecule has 0 aliphatic carbocycles. The Hall–Kier alpha value is -0.940. The number of hydrogen-bond acceptors (Lipinski definition) is 5. The molecule has 0 saturated carbocycles. The summed E-state index contributed by atoms with van der Waals surface area (Å²) in [6.07, 6.45) is 4.72. The highest BCUT2D eigenvalue weighted by Gasteiger charge is 2.40. The Bertz CT molecular complexity index is 445. The van der Waals surface area contributed by atoms with E-state index in [0.29, 0.717) is 0 Å². The fourth-order valence-electron chi connectivity index (χ4n) is 3.28. The quantitative estimate of drug-likeness (QED) is 0.807.